The molecule has 9 heteroatoms. The van der Waals surface area contributed by atoms with Crippen LogP contribution in [0.1, 0.15) is 30.0 Å². The van der Waals surface area contributed by atoms with E-state index < -0.39 is 11.2 Å². The fraction of sp³-hybridized carbons (Fsp3) is 0.353. The van der Waals surface area contributed by atoms with Crippen molar-refractivity contribution in [2.24, 2.45) is 5.10 Å². The largest absolute Gasteiger partial charge is 0.494 e. The highest BCUT2D eigenvalue weighted by atomic mass is 35.5. The second-order valence-corrected chi connectivity index (χ2v) is 6.39. The van der Waals surface area contributed by atoms with Crippen LogP contribution in [-0.4, -0.2) is 34.1 Å². The van der Waals surface area contributed by atoms with Crippen LogP contribution < -0.4 is 16.7 Å². The molecule has 0 saturated heterocycles. The van der Waals surface area contributed by atoms with Crippen LogP contribution >= 0.6 is 11.6 Å². The van der Waals surface area contributed by atoms with Crippen LogP contribution in [0.2, 0.25) is 5.02 Å². The lowest BCUT2D eigenvalue weighted by atomic mass is 10.00. The molecule has 0 unspecified atom stereocenters. The quantitative estimate of drug-likeness (QED) is 0.658. The zero-order valence-electron chi connectivity index (χ0n) is 14.2. The Bertz CT molecular complexity index is 933. The molecule has 0 spiro atoms. The van der Waals surface area contributed by atoms with E-state index in [0.717, 1.165) is 10.1 Å². The first-order valence-corrected chi connectivity index (χ1v) is 8.52. The Balaban J connectivity index is 1.87. The Labute approximate surface area is 154 Å². The number of aromatic nitrogens is 2. The maximum absolute atomic E-state index is 12.2. The Hall–Kier alpha value is -2.58. The van der Waals surface area contributed by atoms with E-state index >= 15 is 0 Å². The first-order chi connectivity index (χ1) is 12.5. The molecule has 0 aliphatic carbocycles. The van der Waals surface area contributed by atoms with Gasteiger partial charge in [0.25, 0.3) is 5.56 Å². The summed E-state index contributed by atoms with van der Waals surface area (Å²) < 4.78 is 6.08. The molecule has 3 rings (SSSR count). The molecule has 1 aliphatic rings. The van der Waals surface area contributed by atoms with Gasteiger partial charge in [0, 0.05) is 31.7 Å². The number of aromatic amines is 1. The molecular formula is C17H19ClN4O4. The molecule has 1 atom stereocenters. The second-order valence-electron chi connectivity index (χ2n) is 5.95. The molecule has 1 aliphatic heterocycles. The molecule has 8 nitrogen and oxygen atoms in total. The summed E-state index contributed by atoms with van der Waals surface area (Å²) in [5.74, 6) is -0.382. The number of halogens is 1. The highest BCUT2D eigenvalue weighted by molar-refractivity contribution is 6.30. The van der Waals surface area contributed by atoms with Crippen molar-refractivity contribution >= 4 is 17.3 Å². The van der Waals surface area contributed by atoms with E-state index in [0.29, 0.717) is 30.2 Å². The number of H-pyrrole nitrogens is 1. The van der Waals surface area contributed by atoms with Crippen LogP contribution in [0.5, 0.6) is 5.88 Å². The topological polar surface area (TPSA) is 109 Å². The third-order valence-corrected chi connectivity index (χ3v) is 4.47. The third kappa shape index (κ3) is 3.66. The normalized spacial score (nSPS) is 16.4. The maximum Gasteiger partial charge on any atom is 0.331 e. The molecule has 0 bridgehead atoms. The highest BCUT2D eigenvalue weighted by Gasteiger charge is 2.27. The summed E-state index contributed by atoms with van der Waals surface area (Å²) in [6.07, 6.45) is 0.919. The molecule has 1 aromatic carbocycles. The standard InChI is InChI=1S/C17H19ClN4O4/c1-26-8-2-7-22-16(24)14(15(23)19-17(22)25)13-9-12(20-21-13)10-3-5-11(18)6-4-10/h3-6,12,20,24H,2,7-9H2,1H3,(H,19,23,25)/t12-/m1/s1. The molecule has 0 saturated carbocycles. The molecule has 3 N–H and O–H groups in total. The smallest absolute Gasteiger partial charge is 0.331 e. The number of hydrogen-bond donors (Lipinski definition) is 3. The molecule has 2 aromatic rings. The minimum Gasteiger partial charge on any atom is -0.494 e. The van der Waals surface area contributed by atoms with Crippen molar-refractivity contribution in [1.82, 2.24) is 15.0 Å². The van der Waals surface area contributed by atoms with E-state index in [-0.39, 0.29) is 24.0 Å². The highest BCUT2D eigenvalue weighted by Crippen LogP contribution is 2.26. The van der Waals surface area contributed by atoms with Crippen molar-refractivity contribution in [2.75, 3.05) is 13.7 Å². The third-order valence-electron chi connectivity index (χ3n) is 4.22. The van der Waals surface area contributed by atoms with E-state index in [1.165, 1.54) is 0 Å². The number of nitrogens with one attached hydrogen (secondary N) is 2. The maximum atomic E-state index is 12.2. The fourth-order valence-electron chi connectivity index (χ4n) is 2.88. The van der Waals surface area contributed by atoms with Gasteiger partial charge >= 0.3 is 5.69 Å². The van der Waals surface area contributed by atoms with Crippen molar-refractivity contribution in [1.29, 1.82) is 0 Å². The molecular weight excluding hydrogens is 360 g/mol. The number of aromatic hydroxyl groups is 1. The molecule has 0 fully saturated rings. The molecule has 138 valence electrons. The van der Waals surface area contributed by atoms with Crippen LogP contribution in [0.15, 0.2) is 39.0 Å². The van der Waals surface area contributed by atoms with Gasteiger partial charge in [0.2, 0.25) is 5.88 Å². The minimum atomic E-state index is -0.659. The van der Waals surface area contributed by atoms with Gasteiger partial charge in [-0.15, -0.1) is 0 Å². The van der Waals surface area contributed by atoms with Gasteiger partial charge in [-0.3, -0.25) is 14.3 Å². The minimum absolute atomic E-state index is 0.00554. The summed E-state index contributed by atoms with van der Waals surface area (Å²) >= 11 is 5.90. The molecule has 2 heterocycles. The number of benzene rings is 1. The zero-order valence-corrected chi connectivity index (χ0v) is 14.9. The summed E-state index contributed by atoms with van der Waals surface area (Å²) in [6.45, 7) is 0.658. The molecule has 1 aromatic heterocycles. The Kier molecular flexibility index (Phi) is 5.43. The van der Waals surface area contributed by atoms with Gasteiger partial charge in [0.1, 0.15) is 5.56 Å². The number of hydrogen-bond acceptors (Lipinski definition) is 6. The SMILES string of the molecule is COCCCn1c(O)c(C2=NN[C@@H](c3ccc(Cl)cc3)C2)c(=O)[nH]c1=O. The van der Waals surface area contributed by atoms with Crippen LogP contribution in [0.3, 0.4) is 0 Å². The molecule has 0 radical (unpaired) electrons. The lowest BCUT2D eigenvalue weighted by Gasteiger charge is -2.12. The van der Waals surface area contributed by atoms with Crippen molar-refractivity contribution in [3.63, 3.8) is 0 Å². The molecule has 26 heavy (non-hydrogen) atoms. The van der Waals surface area contributed by atoms with Crippen LogP contribution in [0.25, 0.3) is 0 Å². The van der Waals surface area contributed by atoms with E-state index in [4.69, 9.17) is 16.3 Å². The van der Waals surface area contributed by atoms with Gasteiger partial charge in [-0.05, 0) is 24.1 Å². The summed E-state index contributed by atoms with van der Waals surface area (Å²) in [7, 11) is 1.55. The second kappa shape index (κ2) is 7.76. The first-order valence-electron chi connectivity index (χ1n) is 8.14. The Morgan fingerprint density at radius 1 is 1.35 bits per heavy atom. The van der Waals surface area contributed by atoms with E-state index in [1.807, 2.05) is 12.1 Å². The average molecular weight is 379 g/mol. The summed E-state index contributed by atoms with van der Waals surface area (Å²) in [4.78, 5) is 26.5. The van der Waals surface area contributed by atoms with Gasteiger partial charge in [0.15, 0.2) is 0 Å². The summed E-state index contributed by atoms with van der Waals surface area (Å²) in [5, 5.41) is 15.3. The van der Waals surface area contributed by atoms with Gasteiger partial charge in [0.05, 0.1) is 11.8 Å². The van der Waals surface area contributed by atoms with E-state index in [2.05, 4.69) is 15.5 Å². The number of nitrogens with zero attached hydrogens (tertiary/aromatic N) is 2. The summed E-state index contributed by atoms with van der Waals surface area (Å²) in [6, 6.07) is 7.14. The number of methoxy groups -OCH3 is 1. The fourth-order valence-corrected chi connectivity index (χ4v) is 3.01. The predicted molar refractivity (Wildman–Crippen MR) is 98.0 cm³/mol. The first kappa shape index (κ1) is 18.2. The van der Waals surface area contributed by atoms with Gasteiger partial charge in [-0.2, -0.15) is 5.10 Å². The monoisotopic (exact) mass is 378 g/mol. The van der Waals surface area contributed by atoms with Crippen molar-refractivity contribution < 1.29 is 9.84 Å². The van der Waals surface area contributed by atoms with Crippen molar-refractivity contribution in [2.45, 2.75) is 25.4 Å². The van der Waals surface area contributed by atoms with Crippen molar-refractivity contribution in [3.05, 3.63) is 61.3 Å². The van der Waals surface area contributed by atoms with Gasteiger partial charge in [-0.1, -0.05) is 23.7 Å². The zero-order chi connectivity index (χ0) is 18.7. The lowest BCUT2D eigenvalue weighted by Crippen LogP contribution is -2.34. The van der Waals surface area contributed by atoms with E-state index in [1.54, 1.807) is 19.2 Å². The van der Waals surface area contributed by atoms with Gasteiger partial charge < -0.3 is 15.3 Å². The van der Waals surface area contributed by atoms with Crippen LogP contribution in [0.4, 0.5) is 0 Å². The van der Waals surface area contributed by atoms with Crippen molar-refractivity contribution in [3.8, 4) is 5.88 Å². The van der Waals surface area contributed by atoms with Crippen LogP contribution in [0, 0.1) is 0 Å². The number of rotatable bonds is 6. The van der Waals surface area contributed by atoms with Crippen LogP contribution in [-0.2, 0) is 11.3 Å². The lowest BCUT2D eigenvalue weighted by molar-refractivity contribution is 0.188. The average Bonchev–Trinajstić information content (AvgIpc) is 3.08. The number of ether oxygens (including phenoxy) is 1. The Morgan fingerprint density at radius 2 is 2.08 bits per heavy atom. The Morgan fingerprint density at radius 3 is 2.77 bits per heavy atom. The predicted octanol–water partition coefficient (Wildman–Crippen LogP) is 1.37. The molecule has 0 amide bonds. The van der Waals surface area contributed by atoms with E-state index in [9.17, 15) is 14.7 Å². The van der Waals surface area contributed by atoms with Gasteiger partial charge in [-0.25, -0.2) is 4.79 Å². The number of hydrazone groups is 1. The summed E-state index contributed by atoms with van der Waals surface area (Å²) in [5.41, 5.74) is 2.99.